The Morgan fingerprint density at radius 2 is 1.88 bits per heavy atom. The Morgan fingerprint density at radius 1 is 1.19 bits per heavy atom. The molecule has 32 heavy (non-hydrogen) atoms. The molecule has 2 heterocycles. The molecule has 3 rings (SSSR count). The molecule has 2 amide bonds. The van der Waals surface area contributed by atoms with Crippen LogP contribution in [0.4, 0.5) is 5.82 Å². The fourth-order valence-corrected chi connectivity index (χ4v) is 4.78. The Morgan fingerprint density at radius 3 is 2.47 bits per heavy atom. The summed E-state index contributed by atoms with van der Waals surface area (Å²) in [5.74, 6) is 0.385. The van der Waals surface area contributed by atoms with Crippen LogP contribution in [0, 0.1) is 6.92 Å². The maximum absolute atomic E-state index is 13.0. The topological polar surface area (TPSA) is 125 Å². The summed E-state index contributed by atoms with van der Waals surface area (Å²) >= 11 is 6.20. The number of carbonyl (C=O) groups excluding carboxylic acids is 2. The molecule has 0 spiro atoms. The summed E-state index contributed by atoms with van der Waals surface area (Å²) < 4.78 is 32.3. The smallest absolute Gasteiger partial charge is 0.255 e. The SMILES string of the molecule is Cc1cc(NC(=O)CN2CCN(C(=O)c3cc(S(=O)(=O)NC(C)C)ccc3Cl)CC2)no1. The number of aromatic nitrogens is 1. The van der Waals surface area contributed by atoms with E-state index in [1.54, 1.807) is 31.7 Å². The van der Waals surface area contributed by atoms with Crippen LogP contribution in [0.1, 0.15) is 30.0 Å². The predicted octanol–water partition coefficient (Wildman–Crippen LogP) is 1.72. The van der Waals surface area contributed by atoms with E-state index in [0.29, 0.717) is 37.8 Å². The molecule has 0 unspecified atom stereocenters. The van der Waals surface area contributed by atoms with Gasteiger partial charge in [0, 0.05) is 38.3 Å². The van der Waals surface area contributed by atoms with Gasteiger partial charge in [-0.2, -0.15) is 0 Å². The average molecular weight is 484 g/mol. The second-order valence-electron chi connectivity index (χ2n) is 7.86. The van der Waals surface area contributed by atoms with Crippen molar-refractivity contribution < 1.29 is 22.5 Å². The van der Waals surface area contributed by atoms with E-state index in [0.717, 1.165) is 0 Å². The summed E-state index contributed by atoms with van der Waals surface area (Å²) in [5.41, 5.74) is 0.130. The van der Waals surface area contributed by atoms with Crippen molar-refractivity contribution in [1.82, 2.24) is 19.7 Å². The van der Waals surface area contributed by atoms with Gasteiger partial charge in [-0.15, -0.1) is 0 Å². The summed E-state index contributed by atoms with van der Waals surface area (Å²) in [6.45, 7) is 7.06. The first-order valence-corrected chi connectivity index (χ1v) is 12.0. The van der Waals surface area contributed by atoms with Crippen LogP contribution in [0.15, 0.2) is 33.7 Å². The number of nitrogens with zero attached hydrogens (tertiary/aromatic N) is 3. The Kier molecular flexibility index (Phi) is 7.55. The van der Waals surface area contributed by atoms with Crippen molar-refractivity contribution in [3.05, 3.63) is 40.6 Å². The van der Waals surface area contributed by atoms with Gasteiger partial charge in [-0.25, -0.2) is 13.1 Å². The van der Waals surface area contributed by atoms with Gasteiger partial charge in [-0.3, -0.25) is 14.5 Å². The zero-order valence-corrected chi connectivity index (χ0v) is 19.7. The van der Waals surface area contributed by atoms with E-state index >= 15 is 0 Å². The molecule has 1 fully saturated rings. The highest BCUT2D eigenvalue weighted by molar-refractivity contribution is 7.89. The molecule has 0 bridgehead atoms. The molecule has 174 valence electrons. The number of halogens is 1. The third-order valence-electron chi connectivity index (χ3n) is 4.79. The third-order valence-corrected chi connectivity index (χ3v) is 6.78. The van der Waals surface area contributed by atoms with Crippen molar-refractivity contribution in [2.75, 3.05) is 38.0 Å². The predicted molar refractivity (Wildman–Crippen MR) is 119 cm³/mol. The molecule has 0 radical (unpaired) electrons. The monoisotopic (exact) mass is 483 g/mol. The van der Waals surface area contributed by atoms with Gasteiger partial charge in [0.1, 0.15) is 5.76 Å². The lowest BCUT2D eigenvalue weighted by Gasteiger charge is -2.34. The summed E-state index contributed by atoms with van der Waals surface area (Å²) in [6, 6.07) is 5.43. The number of amides is 2. The van der Waals surface area contributed by atoms with Crippen molar-refractivity contribution in [3.8, 4) is 0 Å². The number of rotatable bonds is 7. The quantitative estimate of drug-likeness (QED) is 0.614. The van der Waals surface area contributed by atoms with E-state index < -0.39 is 10.0 Å². The summed E-state index contributed by atoms with van der Waals surface area (Å²) in [7, 11) is -3.75. The number of nitrogens with one attached hydrogen (secondary N) is 2. The first kappa shape index (κ1) is 24.2. The number of aryl methyl sites for hydroxylation is 1. The van der Waals surface area contributed by atoms with Gasteiger partial charge in [0.05, 0.1) is 22.0 Å². The number of sulfonamides is 1. The zero-order chi connectivity index (χ0) is 23.5. The first-order valence-electron chi connectivity index (χ1n) is 10.1. The minimum Gasteiger partial charge on any atom is -0.360 e. The Hall–Kier alpha value is -2.47. The van der Waals surface area contributed by atoms with E-state index in [-0.39, 0.29) is 39.9 Å². The normalized spacial score (nSPS) is 15.2. The fourth-order valence-electron chi connectivity index (χ4n) is 3.30. The van der Waals surface area contributed by atoms with E-state index in [9.17, 15) is 18.0 Å². The van der Waals surface area contributed by atoms with Crippen LogP contribution in [-0.4, -0.2) is 74.0 Å². The van der Waals surface area contributed by atoms with E-state index in [1.807, 2.05) is 4.90 Å². The molecule has 1 aromatic carbocycles. The van der Waals surface area contributed by atoms with Crippen LogP contribution < -0.4 is 10.0 Å². The number of anilines is 1. The molecule has 1 aliphatic heterocycles. The largest absolute Gasteiger partial charge is 0.360 e. The molecule has 0 aliphatic carbocycles. The molecule has 1 aromatic heterocycles. The average Bonchev–Trinajstić information content (AvgIpc) is 3.11. The van der Waals surface area contributed by atoms with Gasteiger partial charge in [0.15, 0.2) is 5.82 Å². The summed E-state index contributed by atoms with van der Waals surface area (Å²) in [4.78, 5) is 28.7. The van der Waals surface area contributed by atoms with Gasteiger partial charge in [0.25, 0.3) is 5.91 Å². The molecule has 2 aromatic rings. The maximum atomic E-state index is 13.0. The molecule has 1 saturated heterocycles. The van der Waals surface area contributed by atoms with Crippen LogP contribution in [0.3, 0.4) is 0 Å². The molecule has 0 atom stereocenters. The van der Waals surface area contributed by atoms with Gasteiger partial charge in [-0.05, 0) is 39.0 Å². The molecule has 0 saturated carbocycles. The highest BCUT2D eigenvalue weighted by Gasteiger charge is 2.26. The molecule has 1 aliphatic rings. The summed E-state index contributed by atoms with van der Waals surface area (Å²) in [6.07, 6.45) is 0. The lowest BCUT2D eigenvalue weighted by atomic mass is 10.1. The number of hydrogen-bond donors (Lipinski definition) is 2. The highest BCUT2D eigenvalue weighted by atomic mass is 35.5. The van der Waals surface area contributed by atoms with Crippen LogP contribution in [0.5, 0.6) is 0 Å². The van der Waals surface area contributed by atoms with Crippen LogP contribution >= 0.6 is 11.6 Å². The molecule has 2 N–H and O–H groups in total. The zero-order valence-electron chi connectivity index (χ0n) is 18.1. The van der Waals surface area contributed by atoms with Crippen molar-refractivity contribution in [3.63, 3.8) is 0 Å². The molecular formula is C20H26ClN5O5S. The third kappa shape index (κ3) is 6.06. The Labute approximate surface area is 191 Å². The Balaban J connectivity index is 1.60. The van der Waals surface area contributed by atoms with Crippen LogP contribution in [-0.2, 0) is 14.8 Å². The number of benzene rings is 1. The maximum Gasteiger partial charge on any atom is 0.255 e. The lowest BCUT2D eigenvalue weighted by Crippen LogP contribution is -2.50. The lowest BCUT2D eigenvalue weighted by molar-refractivity contribution is -0.117. The second kappa shape index (κ2) is 9.99. The summed E-state index contributed by atoms with van der Waals surface area (Å²) in [5, 5.41) is 6.58. The van der Waals surface area contributed by atoms with Crippen molar-refractivity contribution in [2.24, 2.45) is 0 Å². The second-order valence-corrected chi connectivity index (χ2v) is 9.98. The Bertz CT molecular complexity index is 1090. The highest BCUT2D eigenvalue weighted by Crippen LogP contribution is 2.23. The van der Waals surface area contributed by atoms with Crippen LogP contribution in [0.25, 0.3) is 0 Å². The fraction of sp³-hybridized carbons (Fsp3) is 0.450. The molecule has 12 heteroatoms. The minimum atomic E-state index is -3.75. The van der Waals surface area contributed by atoms with Gasteiger partial charge < -0.3 is 14.7 Å². The number of piperazine rings is 1. The number of hydrogen-bond acceptors (Lipinski definition) is 7. The van der Waals surface area contributed by atoms with Crippen molar-refractivity contribution in [1.29, 1.82) is 0 Å². The number of carbonyl (C=O) groups is 2. The van der Waals surface area contributed by atoms with Gasteiger partial charge >= 0.3 is 0 Å². The van der Waals surface area contributed by atoms with E-state index in [4.69, 9.17) is 16.1 Å². The minimum absolute atomic E-state index is 0.0163. The van der Waals surface area contributed by atoms with Gasteiger partial charge in [-0.1, -0.05) is 16.8 Å². The van der Waals surface area contributed by atoms with Crippen LogP contribution in [0.2, 0.25) is 5.02 Å². The first-order chi connectivity index (χ1) is 15.0. The van der Waals surface area contributed by atoms with Crippen molar-refractivity contribution in [2.45, 2.75) is 31.7 Å². The van der Waals surface area contributed by atoms with Gasteiger partial charge in [0.2, 0.25) is 15.9 Å². The molecule has 10 nitrogen and oxygen atoms in total. The standard InChI is InChI=1S/C20H26ClN5O5S/c1-13(2)24-32(29,30)15-4-5-17(21)16(11-15)20(28)26-8-6-25(7-9-26)12-19(27)22-18-10-14(3)31-23-18/h4-5,10-11,13,24H,6-9,12H2,1-3H3,(H,22,23,27). The van der Waals surface area contributed by atoms with E-state index in [1.165, 1.54) is 18.2 Å². The van der Waals surface area contributed by atoms with E-state index in [2.05, 4.69) is 15.2 Å². The van der Waals surface area contributed by atoms with Crippen molar-refractivity contribution >= 4 is 39.3 Å². The molecular weight excluding hydrogens is 458 g/mol.